The van der Waals surface area contributed by atoms with Crippen LogP contribution in [0.2, 0.25) is 0 Å². The first-order chi connectivity index (χ1) is 12.8. The van der Waals surface area contributed by atoms with Gasteiger partial charge in [0.25, 0.3) is 5.56 Å². The lowest BCUT2D eigenvalue weighted by Gasteiger charge is -2.05. The number of phenolic OH excluding ortho intramolecular Hbond substituents is 1. The molecule has 1 aromatic heterocycles. The first kappa shape index (κ1) is 18.1. The Balaban J connectivity index is 2.00. The van der Waals surface area contributed by atoms with Crippen LogP contribution in [0.5, 0.6) is 5.75 Å². The highest BCUT2D eigenvalue weighted by molar-refractivity contribution is 5.91. The van der Waals surface area contributed by atoms with Crippen molar-refractivity contribution in [3.63, 3.8) is 0 Å². The number of aryl methyl sites for hydroxylation is 2. The molecule has 3 N–H and O–H groups in total. The maximum Gasteiger partial charge on any atom is 0.336 e. The van der Waals surface area contributed by atoms with Gasteiger partial charge < -0.3 is 10.2 Å². The molecule has 0 aliphatic heterocycles. The summed E-state index contributed by atoms with van der Waals surface area (Å²) in [5.74, 6) is -1.43. The fourth-order valence-corrected chi connectivity index (χ4v) is 2.63. The highest BCUT2D eigenvalue weighted by Crippen LogP contribution is 2.33. The van der Waals surface area contributed by atoms with Gasteiger partial charge in [-0.25, -0.2) is 9.48 Å². The van der Waals surface area contributed by atoms with Gasteiger partial charge >= 0.3 is 5.97 Å². The zero-order valence-corrected chi connectivity index (χ0v) is 15.0. The van der Waals surface area contributed by atoms with Gasteiger partial charge in [0, 0.05) is 5.56 Å². The minimum absolute atomic E-state index is 0.0222. The number of carboxylic acids is 1. The molecule has 0 aliphatic rings. The third kappa shape index (κ3) is 3.37. The zero-order chi connectivity index (χ0) is 19.7. The van der Waals surface area contributed by atoms with Crippen molar-refractivity contribution in [3.8, 4) is 11.4 Å². The molecule has 0 aliphatic carbocycles. The average molecular weight is 366 g/mol. The number of aromatic nitrogens is 2. The number of H-pyrrole nitrogens is 1. The molecule has 0 saturated carbocycles. The number of carbonyl (C=O) groups is 1. The van der Waals surface area contributed by atoms with Crippen molar-refractivity contribution in [2.45, 2.75) is 20.8 Å². The smallest absolute Gasteiger partial charge is 0.336 e. The number of hydrogen-bond donors (Lipinski definition) is 3. The summed E-state index contributed by atoms with van der Waals surface area (Å²) in [5.41, 5.74) is 2.23. The molecule has 3 aromatic rings. The number of benzene rings is 2. The number of nitrogens with one attached hydrogen (secondary N) is 1. The molecule has 3 rings (SSSR count). The van der Waals surface area contributed by atoms with Crippen LogP contribution in [0.3, 0.4) is 0 Å². The second-order valence-corrected chi connectivity index (χ2v) is 6.17. The third-order valence-electron chi connectivity index (χ3n) is 4.23. The first-order valence-corrected chi connectivity index (χ1v) is 8.16. The van der Waals surface area contributed by atoms with Gasteiger partial charge in [-0.3, -0.25) is 9.89 Å². The van der Waals surface area contributed by atoms with E-state index in [1.807, 2.05) is 31.2 Å². The van der Waals surface area contributed by atoms with Crippen LogP contribution in [0.25, 0.3) is 5.69 Å². The van der Waals surface area contributed by atoms with E-state index in [0.717, 1.165) is 5.56 Å². The lowest BCUT2D eigenvalue weighted by molar-refractivity contribution is 0.0695. The fourth-order valence-electron chi connectivity index (χ4n) is 2.63. The van der Waals surface area contributed by atoms with E-state index < -0.39 is 5.97 Å². The van der Waals surface area contributed by atoms with Crippen LogP contribution in [0, 0.1) is 20.8 Å². The molecular formula is C19H18N4O4. The summed E-state index contributed by atoms with van der Waals surface area (Å²) >= 11 is 0. The van der Waals surface area contributed by atoms with Gasteiger partial charge in [0.15, 0.2) is 5.69 Å². The Kier molecular flexibility index (Phi) is 4.64. The second kappa shape index (κ2) is 6.91. The predicted molar refractivity (Wildman–Crippen MR) is 99.8 cm³/mol. The van der Waals surface area contributed by atoms with Gasteiger partial charge in [-0.2, -0.15) is 0 Å². The molecule has 0 saturated heterocycles. The van der Waals surface area contributed by atoms with E-state index >= 15 is 0 Å². The van der Waals surface area contributed by atoms with Gasteiger partial charge in [0.05, 0.1) is 16.9 Å². The molecular weight excluding hydrogens is 348 g/mol. The summed E-state index contributed by atoms with van der Waals surface area (Å²) in [5, 5.41) is 30.1. The Morgan fingerprint density at radius 3 is 2.33 bits per heavy atom. The Morgan fingerprint density at radius 1 is 1.04 bits per heavy atom. The minimum Gasteiger partial charge on any atom is -0.505 e. The van der Waals surface area contributed by atoms with Gasteiger partial charge in [-0.15, -0.1) is 10.2 Å². The zero-order valence-electron chi connectivity index (χ0n) is 15.0. The van der Waals surface area contributed by atoms with Crippen molar-refractivity contribution in [3.05, 3.63) is 69.1 Å². The van der Waals surface area contributed by atoms with E-state index in [1.54, 1.807) is 6.92 Å². The molecule has 0 radical (unpaired) electrons. The van der Waals surface area contributed by atoms with Crippen LogP contribution in [0.15, 0.2) is 51.4 Å². The van der Waals surface area contributed by atoms with Crippen LogP contribution >= 0.6 is 0 Å². The number of carboxylic acid groups (broad SMARTS) is 1. The van der Waals surface area contributed by atoms with Crippen molar-refractivity contribution in [1.82, 2.24) is 9.78 Å². The van der Waals surface area contributed by atoms with E-state index in [2.05, 4.69) is 15.3 Å². The van der Waals surface area contributed by atoms with Crippen LogP contribution < -0.4 is 5.56 Å². The SMILES string of the molecule is Cc1ccc(-n2[nH]c(C)c(N=Nc3ccc(C(=O)O)c(C)c3O)c2=O)cc1. The van der Waals surface area contributed by atoms with Crippen LogP contribution in [-0.4, -0.2) is 26.0 Å². The van der Waals surface area contributed by atoms with Gasteiger partial charge in [0.2, 0.25) is 0 Å². The molecule has 0 atom stereocenters. The number of rotatable bonds is 4. The summed E-state index contributed by atoms with van der Waals surface area (Å²) in [4.78, 5) is 23.7. The Morgan fingerprint density at radius 2 is 1.70 bits per heavy atom. The largest absolute Gasteiger partial charge is 0.505 e. The van der Waals surface area contributed by atoms with E-state index in [-0.39, 0.29) is 33.8 Å². The molecule has 8 nitrogen and oxygen atoms in total. The summed E-state index contributed by atoms with van der Waals surface area (Å²) in [6, 6.07) is 10.1. The maximum atomic E-state index is 12.6. The Labute approximate surface area is 154 Å². The number of aromatic amines is 1. The van der Waals surface area contributed by atoms with E-state index in [4.69, 9.17) is 5.11 Å². The third-order valence-corrected chi connectivity index (χ3v) is 4.23. The summed E-state index contributed by atoms with van der Waals surface area (Å²) < 4.78 is 1.36. The van der Waals surface area contributed by atoms with Crippen molar-refractivity contribution in [2.75, 3.05) is 0 Å². The standard InChI is InChI=1S/C19H18N4O4/c1-10-4-6-13(7-5-10)23-18(25)16(12(3)22-23)21-20-15-9-8-14(19(26)27)11(2)17(15)24/h4-9,22,24H,1-3H3,(H,26,27). The lowest BCUT2D eigenvalue weighted by Crippen LogP contribution is -2.13. The van der Waals surface area contributed by atoms with E-state index in [0.29, 0.717) is 11.4 Å². The van der Waals surface area contributed by atoms with Crippen LogP contribution in [0.4, 0.5) is 11.4 Å². The fraction of sp³-hybridized carbons (Fsp3) is 0.158. The molecule has 1 heterocycles. The van der Waals surface area contributed by atoms with Crippen LogP contribution in [0.1, 0.15) is 27.2 Å². The van der Waals surface area contributed by atoms with Crippen molar-refractivity contribution >= 4 is 17.3 Å². The number of aromatic hydroxyl groups is 1. The Bertz CT molecular complexity index is 1110. The van der Waals surface area contributed by atoms with Crippen molar-refractivity contribution in [2.24, 2.45) is 10.2 Å². The molecule has 8 heteroatoms. The number of azo groups is 1. The monoisotopic (exact) mass is 366 g/mol. The molecule has 138 valence electrons. The lowest BCUT2D eigenvalue weighted by atomic mass is 10.1. The molecule has 0 spiro atoms. The van der Waals surface area contributed by atoms with Crippen molar-refractivity contribution < 1.29 is 15.0 Å². The number of hydrogen-bond acceptors (Lipinski definition) is 5. The average Bonchev–Trinajstić information content (AvgIpc) is 2.91. The summed E-state index contributed by atoms with van der Waals surface area (Å²) in [6.07, 6.45) is 0. The molecule has 0 bridgehead atoms. The normalized spacial score (nSPS) is 11.2. The van der Waals surface area contributed by atoms with Gasteiger partial charge in [-0.05, 0) is 45.0 Å². The summed E-state index contributed by atoms with van der Waals surface area (Å²) in [7, 11) is 0. The Hall–Kier alpha value is -3.68. The second-order valence-electron chi connectivity index (χ2n) is 6.17. The van der Waals surface area contributed by atoms with Gasteiger partial charge in [-0.1, -0.05) is 17.7 Å². The molecule has 0 unspecified atom stereocenters. The highest BCUT2D eigenvalue weighted by atomic mass is 16.4. The number of nitrogens with zero attached hydrogens (tertiary/aromatic N) is 3. The predicted octanol–water partition coefficient (Wildman–Crippen LogP) is 3.91. The highest BCUT2D eigenvalue weighted by Gasteiger charge is 2.15. The molecule has 27 heavy (non-hydrogen) atoms. The molecule has 0 fully saturated rings. The van der Waals surface area contributed by atoms with E-state index in [9.17, 15) is 14.7 Å². The maximum absolute atomic E-state index is 12.6. The number of aromatic carboxylic acids is 1. The first-order valence-electron chi connectivity index (χ1n) is 8.16. The molecule has 2 aromatic carbocycles. The quantitative estimate of drug-likeness (QED) is 0.606. The summed E-state index contributed by atoms with van der Waals surface area (Å²) in [6.45, 7) is 5.12. The van der Waals surface area contributed by atoms with E-state index in [1.165, 1.54) is 23.7 Å². The molecule has 0 amide bonds. The number of phenols is 1. The topological polar surface area (TPSA) is 120 Å². The minimum atomic E-state index is -1.14. The van der Waals surface area contributed by atoms with Crippen molar-refractivity contribution in [1.29, 1.82) is 0 Å². The van der Waals surface area contributed by atoms with Crippen LogP contribution in [-0.2, 0) is 0 Å². The van der Waals surface area contributed by atoms with Gasteiger partial charge in [0.1, 0.15) is 11.4 Å².